The molecule has 2 N–H and O–H groups in total. The fourth-order valence-electron chi connectivity index (χ4n) is 3.96. The van der Waals surface area contributed by atoms with Crippen molar-refractivity contribution in [3.63, 3.8) is 0 Å². The molecule has 0 atom stereocenters. The first-order valence-electron chi connectivity index (χ1n) is 11.3. The monoisotopic (exact) mass is 448 g/mol. The third-order valence-electron chi connectivity index (χ3n) is 5.78. The molecule has 3 rings (SSSR count). The van der Waals surface area contributed by atoms with Crippen molar-refractivity contribution in [2.45, 2.75) is 40.7 Å². The van der Waals surface area contributed by atoms with Crippen LogP contribution in [0.25, 0.3) is 11.4 Å². The number of aliphatic hydroxyl groups is 1. The average molecular weight is 449 g/mol. The molecule has 1 aromatic heterocycles. The van der Waals surface area contributed by atoms with Crippen LogP contribution in [0.15, 0.2) is 53.3 Å². The second-order valence-corrected chi connectivity index (χ2v) is 7.95. The van der Waals surface area contributed by atoms with Gasteiger partial charge in [-0.05, 0) is 51.5 Å². The SMILES string of the molecule is CCN(CC)c1ccc(NC(=O)Cn2c(-c3ccccc3)nc(C)c(CCO)c2=O)c(C)c1. The number of hydrogen-bond acceptors (Lipinski definition) is 5. The molecule has 174 valence electrons. The summed E-state index contributed by atoms with van der Waals surface area (Å²) in [5.74, 6) is 0.122. The number of hydrogen-bond donors (Lipinski definition) is 2. The number of carbonyl (C=O) groups excluding carboxylic acids is 1. The first-order chi connectivity index (χ1) is 15.9. The molecule has 0 aliphatic rings. The predicted octanol–water partition coefficient (Wildman–Crippen LogP) is 3.55. The number of nitrogens with one attached hydrogen (secondary N) is 1. The molecule has 3 aromatic rings. The first kappa shape index (κ1) is 24.2. The number of benzene rings is 2. The van der Waals surface area contributed by atoms with Crippen molar-refractivity contribution in [1.82, 2.24) is 9.55 Å². The van der Waals surface area contributed by atoms with E-state index in [9.17, 15) is 14.7 Å². The first-order valence-corrected chi connectivity index (χ1v) is 11.3. The second-order valence-electron chi connectivity index (χ2n) is 7.95. The summed E-state index contributed by atoms with van der Waals surface area (Å²) in [7, 11) is 0. The van der Waals surface area contributed by atoms with E-state index >= 15 is 0 Å². The molecule has 0 fully saturated rings. The number of anilines is 2. The van der Waals surface area contributed by atoms with Crippen molar-refractivity contribution in [3.05, 3.63) is 75.7 Å². The van der Waals surface area contributed by atoms with Gasteiger partial charge in [-0.3, -0.25) is 14.2 Å². The molecular formula is C26H32N4O3. The molecule has 0 saturated heterocycles. The third-order valence-corrected chi connectivity index (χ3v) is 5.78. The van der Waals surface area contributed by atoms with Crippen LogP contribution in [0, 0.1) is 13.8 Å². The molecule has 2 aromatic carbocycles. The van der Waals surface area contributed by atoms with Gasteiger partial charge < -0.3 is 15.3 Å². The van der Waals surface area contributed by atoms with Crippen molar-refractivity contribution >= 4 is 17.3 Å². The zero-order chi connectivity index (χ0) is 24.0. The molecule has 1 amide bonds. The minimum atomic E-state index is -0.312. The fraction of sp³-hybridized carbons (Fsp3) is 0.346. The van der Waals surface area contributed by atoms with Gasteiger partial charge in [0, 0.05) is 54.3 Å². The van der Waals surface area contributed by atoms with Crippen LogP contribution in [0.3, 0.4) is 0 Å². The lowest BCUT2D eigenvalue weighted by Crippen LogP contribution is -2.33. The number of amides is 1. The highest BCUT2D eigenvalue weighted by Crippen LogP contribution is 2.23. The fourth-order valence-corrected chi connectivity index (χ4v) is 3.96. The summed E-state index contributed by atoms with van der Waals surface area (Å²) in [6, 6.07) is 15.3. The molecule has 0 spiro atoms. The van der Waals surface area contributed by atoms with Gasteiger partial charge in [-0.15, -0.1) is 0 Å². The van der Waals surface area contributed by atoms with Crippen LogP contribution in [-0.4, -0.2) is 40.3 Å². The van der Waals surface area contributed by atoms with Gasteiger partial charge >= 0.3 is 0 Å². The van der Waals surface area contributed by atoms with Gasteiger partial charge in [0.1, 0.15) is 12.4 Å². The van der Waals surface area contributed by atoms with Crippen LogP contribution < -0.4 is 15.8 Å². The summed E-state index contributed by atoms with van der Waals surface area (Å²) in [4.78, 5) is 33.1. The van der Waals surface area contributed by atoms with E-state index in [1.165, 1.54) is 4.57 Å². The summed E-state index contributed by atoms with van der Waals surface area (Å²) in [6.07, 6.45) is 0.195. The second kappa shape index (κ2) is 10.9. The van der Waals surface area contributed by atoms with Crippen LogP contribution in [0.2, 0.25) is 0 Å². The van der Waals surface area contributed by atoms with Gasteiger partial charge in [0.05, 0.1) is 0 Å². The number of aliphatic hydroxyl groups excluding tert-OH is 1. The Morgan fingerprint density at radius 1 is 1.09 bits per heavy atom. The molecule has 33 heavy (non-hydrogen) atoms. The summed E-state index contributed by atoms with van der Waals surface area (Å²) in [5.41, 5.74) is 4.19. The zero-order valence-corrected chi connectivity index (χ0v) is 19.8. The lowest BCUT2D eigenvalue weighted by Gasteiger charge is -2.22. The van der Waals surface area contributed by atoms with Gasteiger partial charge in [-0.2, -0.15) is 0 Å². The Bertz CT molecular complexity index is 1170. The molecule has 0 aliphatic heterocycles. The molecule has 0 aliphatic carbocycles. The number of nitrogens with zero attached hydrogens (tertiary/aromatic N) is 3. The average Bonchev–Trinajstić information content (AvgIpc) is 2.81. The quantitative estimate of drug-likeness (QED) is 0.523. The van der Waals surface area contributed by atoms with Gasteiger partial charge in [-0.25, -0.2) is 4.98 Å². The molecule has 0 radical (unpaired) electrons. The minimum Gasteiger partial charge on any atom is -0.396 e. The lowest BCUT2D eigenvalue weighted by atomic mass is 10.1. The van der Waals surface area contributed by atoms with E-state index in [4.69, 9.17) is 0 Å². The van der Waals surface area contributed by atoms with Crippen molar-refractivity contribution < 1.29 is 9.90 Å². The maximum atomic E-state index is 13.2. The van der Waals surface area contributed by atoms with Gasteiger partial charge in [0.25, 0.3) is 5.56 Å². The molecule has 0 saturated carbocycles. The summed E-state index contributed by atoms with van der Waals surface area (Å²) < 4.78 is 1.39. The molecule has 0 unspecified atom stereocenters. The van der Waals surface area contributed by atoms with Crippen molar-refractivity contribution in [3.8, 4) is 11.4 Å². The van der Waals surface area contributed by atoms with Gasteiger partial charge in [-0.1, -0.05) is 30.3 Å². The van der Waals surface area contributed by atoms with Crippen LogP contribution in [-0.2, 0) is 17.8 Å². The van der Waals surface area contributed by atoms with E-state index in [2.05, 4.69) is 35.1 Å². The Morgan fingerprint density at radius 3 is 2.39 bits per heavy atom. The largest absolute Gasteiger partial charge is 0.396 e. The van der Waals surface area contributed by atoms with Gasteiger partial charge in [0.2, 0.25) is 5.91 Å². The Morgan fingerprint density at radius 2 is 1.79 bits per heavy atom. The van der Waals surface area contributed by atoms with Crippen LogP contribution in [0.5, 0.6) is 0 Å². The Labute approximate surface area is 194 Å². The van der Waals surface area contributed by atoms with Gasteiger partial charge in [0.15, 0.2) is 0 Å². The highest BCUT2D eigenvalue weighted by molar-refractivity contribution is 5.92. The number of aromatic nitrogens is 2. The van der Waals surface area contributed by atoms with E-state index < -0.39 is 0 Å². The predicted molar refractivity (Wildman–Crippen MR) is 133 cm³/mol. The van der Waals surface area contributed by atoms with E-state index in [1.807, 2.05) is 49.4 Å². The number of rotatable bonds is 9. The Balaban J connectivity index is 1.93. The highest BCUT2D eigenvalue weighted by Gasteiger charge is 2.18. The molecule has 0 bridgehead atoms. The molecule has 7 heteroatoms. The van der Waals surface area contributed by atoms with Crippen LogP contribution in [0.1, 0.15) is 30.7 Å². The lowest BCUT2D eigenvalue weighted by molar-refractivity contribution is -0.116. The smallest absolute Gasteiger partial charge is 0.257 e. The zero-order valence-electron chi connectivity index (χ0n) is 19.8. The minimum absolute atomic E-state index is 0.160. The third kappa shape index (κ3) is 5.49. The van der Waals surface area contributed by atoms with Crippen molar-refractivity contribution in [2.75, 3.05) is 29.9 Å². The number of carbonyl (C=O) groups is 1. The summed E-state index contributed by atoms with van der Waals surface area (Å²) in [6.45, 7) is 9.40. The van der Waals surface area contributed by atoms with E-state index in [0.29, 0.717) is 22.8 Å². The van der Waals surface area contributed by atoms with E-state index in [1.54, 1.807) is 6.92 Å². The van der Waals surface area contributed by atoms with Crippen LogP contribution >= 0.6 is 0 Å². The standard InChI is InChI=1S/C26H32N4O3/c1-5-29(6-2)21-12-13-23(18(3)16-21)28-24(32)17-30-25(20-10-8-7-9-11-20)27-19(4)22(14-15-31)26(30)33/h7-13,16,31H,5-6,14-15,17H2,1-4H3,(H,28,32). The Hall–Kier alpha value is -3.45. The topological polar surface area (TPSA) is 87.5 Å². The van der Waals surface area contributed by atoms with E-state index in [0.717, 1.165) is 29.9 Å². The van der Waals surface area contributed by atoms with E-state index in [-0.39, 0.29) is 31.0 Å². The number of aryl methyl sites for hydroxylation is 2. The highest BCUT2D eigenvalue weighted by atomic mass is 16.3. The molecular weight excluding hydrogens is 416 g/mol. The maximum absolute atomic E-state index is 13.2. The van der Waals surface area contributed by atoms with Crippen molar-refractivity contribution in [2.24, 2.45) is 0 Å². The normalized spacial score (nSPS) is 10.8. The summed E-state index contributed by atoms with van der Waals surface area (Å²) >= 11 is 0. The summed E-state index contributed by atoms with van der Waals surface area (Å²) in [5, 5.41) is 12.3. The van der Waals surface area contributed by atoms with Crippen LogP contribution in [0.4, 0.5) is 11.4 Å². The van der Waals surface area contributed by atoms with Crippen molar-refractivity contribution in [1.29, 1.82) is 0 Å². The Kier molecular flexibility index (Phi) is 8.01. The molecule has 7 nitrogen and oxygen atoms in total. The molecule has 1 heterocycles. The maximum Gasteiger partial charge on any atom is 0.257 e.